The Morgan fingerprint density at radius 2 is 2.37 bits per heavy atom. The van der Waals surface area contributed by atoms with E-state index < -0.39 is 5.97 Å². The molecule has 1 aromatic rings. The molecule has 1 aliphatic heterocycles. The first-order valence-corrected chi connectivity index (χ1v) is 7.14. The van der Waals surface area contributed by atoms with E-state index in [0.717, 1.165) is 31.2 Å². The number of ether oxygens (including phenoxy) is 1. The van der Waals surface area contributed by atoms with Gasteiger partial charge in [0, 0.05) is 19.1 Å². The Kier molecular flexibility index (Phi) is 5.17. The van der Waals surface area contributed by atoms with Gasteiger partial charge in [-0.25, -0.2) is 0 Å². The average molecular weight is 287 g/mol. The van der Waals surface area contributed by atoms with E-state index >= 15 is 0 Å². The molecule has 1 atom stereocenters. The first kappa shape index (κ1) is 14.3. The summed E-state index contributed by atoms with van der Waals surface area (Å²) in [5.74, 6) is -0.131. The average Bonchev–Trinajstić information content (AvgIpc) is 2.80. The lowest BCUT2D eigenvalue weighted by molar-refractivity contribution is -0.133. The number of aromatic nitrogens is 3. The van der Waals surface area contributed by atoms with E-state index in [4.69, 9.17) is 9.84 Å². The largest absolute Gasteiger partial charge is 0.481 e. The van der Waals surface area contributed by atoms with Crippen molar-refractivity contribution in [1.82, 2.24) is 14.8 Å². The summed E-state index contributed by atoms with van der Waals surface area (Å²) in [4.78, 5) is 10.6. The highest BCUT2D eigenvalue weighted by Crippen LogP contribution is 2.22. The van der Waals surface area contributed by atoms with E-state index in [1.807, 2.05) is 0 Å². The zero-order chi connectivity index (χ0) is 13.7. The fourth-order valence-corrected chi connectivity index (χ4v) is 2.75. The molecule has 8 heteroatoms. The number of nitrogens with zero attached hydrogens (tertiary/aromatic N) is 3. The molecule has 2 heterocycles. The second-order valence-electron chi connectivity index (χ2n) is 4.43. The van der Waals surface area contributed by atoms with Crippen LogP contribution in [0.5, 0.6) is 0 Å². The monoisotopic (exact) mass is 287 g/mol. The van der Waals surface area contributed by atoms with Crippen molar-refractivity contribution in [1.29, 1.82) is 0 Å². The van der Waals surface area contributed by atoms with Crippen molar-refractivity contribution < 1.29 is 19.7 Å². The van der Waals surface area contributed by atoms with Gasteiger partial charge in [-0.05, 0) is 12.8 Å². The van der Waals surface area contributed by atoms with E-state index in [2.05, 4.69) is 10.2 Å². The molecule has 2 rings (SSSR count). The van der Waals surface area contributed by atoms with Crippen LogP contribution in [-0.4, -0.2) is 49.9 Å². The number of carboxylic acids is 1. The first-order valence-electron chi connectivity index (χ1n) is 6.16. The van der Waals surface area contributed by atoms with Crippen molar-refractivity contribution >= 4 is 17.7 Å². The van der Waals surface area contributed by atoms with Crippen LogP contribution in [0.15, 0.2) is 5.16 Å². The predicted molar refractivity (Wildman–Crippen MR) is 67.8 cm³/mol. The molecular formula is C11H17N3O4S. The fraction of sp³-hybridized carbons (Fsp3) is 0.727. The third-order valence-electron chi connectivity index (χ3n) is 2.95. The molecule has 19 heavy (non-hydrogen) atoms. The topological polar surface area (TPSA) is 97.5 Å². The second-order valence-corrected chi connectivity index (χ2v) is 5.38. The Labute approximate surface area is 115 Å². The minimum Gasteiger partial charge on any atom is -0.481 e. The Morgan fingerprint density at radius 3 is 3.00 bits per heavy atom. The number of aliphatic carboxylic acids is 1. The van der Waals surface area contributed by atoms with Gasteiger partial charge in [-0.2, -0.15) is 0 Å². The van der Waals surface area contributed by atoms with Crippen molar-refractivity contribution in [2.24, 2.45) is 5.92 Å². The molecule has 0 bridgehead atoms. The quantitative estimate of drug-likeness (QED) is 0.730. The van der Waals surface area contributed by atoms with Crippen molar-refractivity contribution in [3.8, 4) is 0 Å². The second kappa shape index (κ2) is 6.88. The maximum atomic E-state index is 10.6. The summed E-state index contributed by atoms with van der Waals surface area (Å²) < 4.78 is 7.22. The van der Waals surface area contributed by atoms with Crippen LogP contribution in [0.2, 0.25) is 0 Å². The Bertz CT molecular complexity index is 432. The van der Waals surface area contributed by atoms with Crippen LogP contribution in [0, 0.1) is 5.92 Å². The highest BCUT2D eigenvalue weighted by Gasteiger charge is 2.19. The van der Waals surface area contributed by atoms with Crippen LogP contribution in [0.4, 0.5) is 0 Å². The number of aliphatic hydroxyl groups is 1. The summed E-state index contributed by atoms with van der Waals surface area (Å²) in [6, 6.07) is 0. The number of rotatable bonds is 6. The lowest BCUT2D eigenvalue weighted by Crippen LogP contribution is -2.23. The summed E-state index contributed by atoms with van der Waals surface area (Å²) in [5.41, 5.74) is 0. The summed E-state index contributed by atoms with van der Waals surface area (Å²) in [5, 5.41) is 26.3. The SMILES string of the molecule is O=C(O)CSc1nnc(CO)n1CC1CCCOC1. The highest BCUT2D eigenvalue weighted by molar-refractivity contribution is 7.99. The van der Waals surface area contributed by atoms with Crippen molar-refractivity contribution in [2.45, 2.75) is 31.1 Å². The zero-order valence-corrected chi connectivity index (χ0v) is 11.3. The van der Waals surface area contributed by atoms with Gasteiger partial charge in [0.1, 0.15) is 6.61 Å². The third-order valence-corrected chi connectivity index (χ3v) is 3.91. The lowest BCUT2D eigenvalue weighted by atomic mass is 10.0. The lowest BCUT2D eigenvalue weighted by Gasteiger charge is -2.23. The maximum absolute atomic E-state index is 10.6. The molecule has 7 nitrogen and oxygen atoms in total. The number of hydrogen-bond acceptors (Lipinski definition) is 6. The van der Waals surface area contributed by atoms with Gasteiger partial charge < -0.3 is 19.5 Å². The summed E-state index contributed by atoms with van der Waals surface area (Å²) in [6.45, 7) is 1.94. The van der Waals surface area contributed by atoms with E-state index in [1.165, 1.54) is 0 Å². The third kappa shape index (κ3) is 3.92. The van der Waals surface area contributed by atoms with Crippen LogP contribution >= 0.6 is 11.8 Å². The minimum absolute atomic E-state index is 0.0648. The number of carbonyl (C=O) groups is 1. The van der Waals surface area contributed by atoms with Gasteiger partial charge in [-0.15, -0.1) is 10.2 Å². The van der Waals surface area contributed by atoms with Gasteiger partial charge >= 0.3 is 5.97 Å². The Morgan fingerprint density at radius 1 is 1.53 bits per heavy atom. The molecule has 1 unspecified atom stereocenters. The molecule has 106 valence electrons. The van der Waals surface area contributed by atoms with E-state index in [-0.39, 0.29) is 12.4 Å². The van der Waals surface area contributed by atoms with Gasteiger partial charge in [-0.1, -0.05) is 11.8 Å². The molecule has 2 N–H and O–H groups in total. The summed E-state index contributed by atoms with van der Waals surface area (Å²) >= 11 is 1.12. The molecule has 1 aromatic heterocycles. The standard InChI is InChI=1S/C11H17N3O4S/c15-5-9-12-13-11(19-7-10(16)17)14(9)4-8-2-1-3-18-6-8/h8,15H,1-7H2,(H,16,17). The van der Waals surface area contributed by atoms with Crippen molar-refractivity contribution in [2.75, 3.05) is 19.0 Å². The maximum Gasteiger partial charge on any atom is 0.313 e. The molecule has 0 spiro atoms. The Balaban J connectivity index is 2.06. The predicted octanol–water partition coefficient (Wildman–Crippen LogP) is 0.374. The Hall–Kier alpha value is -1.12. The first-order chi connectivity index (χ1) is 9.20. The molecule has 1 saturated heterocycles. The van der Waals surface area contributed by atoms with E-state index in [1.54, 1.807) is 4.57 Å². The molecule has 0 saturated carbocycles. The summed E-state index contributed by atoms with van der Waals surface area (Å²) in [7, 11) is 0. The fourth-order valence-electron chi connectivity index (χ4n) is 2.06. The minimum atomic E-state index is -0.897. The van der Waals surface area contributed by atoms with Crippen LogP contribution < -0.4 is 0 Å². The number of carboxylic acid groups (broad SMARTS) is 1. The van der Waals surface area contributed by atoms with Crippen LogP contribution in [0.3, 0.4) is 0 Å². The van der Waals surface area contributed by atoms with Crippen LogP contribution in [0.25, 0.3) is 0 Å². The number of thioether (sulfide) groups is 1. The van der Waals surface area contributed by atoms with E-state index in [9.17, 15) is 9.90 Å². The molecule has 1 fully saturated rings. The smallest absolute Gasteiger partial charge is 0.313 e. The zero-order valence-electron chi connectivity index (χ0n) is 10.5. The molecule has 0 amide bonds. The van der Waals surface area contributed by atoms with Crippen molar-refractivity contribution in [3.05, 3.63) is 5.82 Å². The molecule has 0 aromatic carbocycles. The van der Waals surface area contributed by atoms with Gasteiger partial charge in [0.2, 0.25) is 0 Å². The summed E-state index contributed by atoms with van der Waals surface area (Å²) in [6.07, 6.45) is 2.09. The number of hydrogen-bond donors (Lipinski definition) is 2. The number of aliphatic hydroxyl groups excluding tert-OH is 1. The van der Waals surface area contributed by atoms with E-state index in [0.29, 0.717) is 30.1 Å². The van der Waals surface area contributed by atoms with Crippen LogP contribution in [-0.2, 0) is 22.7 Å². The molecule has 0 aliphatic carbocycles. The van der Waals surface area contributed by atoms with Gasteiger partial charge in [0.15, 0.2) is 11.0 Å². The molecular weight excluding hydrogens is 270 g/mol. The van der Waals surface area contributed by atoms with Gasteiger partial charge in [-0.3, -0.25) is 4.79 Å². The molecule has 0 radical (unpaired) electrons. The normalized spacial score (nSPS) is 19.5. The van der Waals surface area contributed by atoms with Gasteiger partial charge in [0.25, 0.3) is 0 Å². The van der Waals surface area contributed by atoms with Crippen LogP contribution in [0.1, 0.15) is 18.7 Å². The van der Waals surface area contributed by atoms with Crippen molar-refractivity contribution in [3.63, 3.8) is 0 Å². The molecule has 1 aliphatic rings. The van der Waals surface area contributed by atoms with Gasteiger partial charge in [0.05, 0.1) is 12.4 Å². The highest BCUT2D eigenvalue weighted by atomic mass is 32.2.